The fourth-order valence-corrected chi connectivity index (χ4v) is 9.77. The van der Waals surface area contributed by atoms with Crippen molar-refractivity contribution in [3.63, 3.8) is 0 Å². The van der Waals surface area contributed by atoms with Crippen molar-refractivity contribution in [1.29, 1.82) is 0 Å². The summed E-state index contributed by atoms with van der Waals surface area (Å²) in [4.78, 5) is 104. The highest BCUT2D eigenvalue weighted by Gasteiger charge is 2.52. The lowest BCUT2D eigenvalue weighted by molar-refractivity contribution is -0.138. The van der Waals surface area contributed by atoms with Crippen LogP contribution in [0.5, 0.6) is 0 Å². The van der Waals surface area contributed by atoms with E-state index >= 15 is 8.78 Å². The Hall–Kier alpha value is -7.38. The number of imide groups is 2. The van der Waals surface area contributed by atoms with Gasteiger partial charge in [0.2, 0.25) is 29.6 Å². The maximum Gasteiger partial charge on any atom is 0.264 e. The van der Waals surface area contributed by atoms with Crippen molar-refractivity contribution in [1.82, 2.24) is 44.5 Å². The molecule has 1 aliphatic carbocycles. The molecule has 0 spiro atoms. The van der Waals surface area contributed by atoms with Gasteiger partial charge < -0.3 is 29.5 Å². The van der Waals surface area contributed by atoms with Gasteiger partial charge in [0.25, 0.3) is 11.8 Å². The van der Waals surface area contributed by atoms with Gasteiger partial charge in [0.1, 0.15) is 28.9 Å². The van der Waals surface area contributed by atoms with E-state index in [1.165, 1.54) is 6.07 Å². The van der Waals surface area contributed by atoms with Gasteiger partial charge in [-0.15, -0.1) is 0 Å². The highest BCUT2D eigenvalue weighted by molar-refractivity contribution is 6.25. The summed E-state index contributed by atoms with van der Waals surface area (Å²) in [5.74, 6) is -3.26. The minimum absolute atomic E-state index is 0.00896. The predicted molar refractivity (Wildman–Crippen MR) is 236 cm³/mol. The number of carbonyl (C=O) groups excluding carboxylic acids is 6. The van der Waals surface area contributed by atoms with Gasteiger partial charge in [-0.1, -0.05) is 6.07 Å². The summed E-state index contributed by atoms with van der Waals surface area (Å²) < 4.78 is 32.2. The molecule has 3 aromatic heterocycles. The van der Waals surface area contributed by atoms with Crippen LogP contribution in [0.2, 0.25) is 0 Å². The molecule has 3 unspecified atom stereocenters. The third-order valence-corrected chi connectivity index (χ3v) is 13.2. The SMILES string of the molecule is Cc1nc2c(F)cc(-c3nc(Nc4ccc(N5CCN(C(=O)C6CC6C(=O)N6CCN(c7cccc8c7C(=O)N(C7CCC(=O)NC7=O)C8=O)CC6)CC5)cn4)ncc3F)cc2n1C(C)C. The van der Waals surface area contributed by atoms with Gasteiger partial charge >= 0.3 is 0 Å². The maximum absolute atomic E-state index is 15.2. The van der Waals surface area contributed by atoms with Gasteiger partial charge in [-0.05, 0) is 70.0 Å². The molecule has 3 atom stereocenters. The number of aryl methyl sites for hydroxylation is 1. The summed E-state index contributed by atoms with van der Waals surface area (Å²) in [6, 6.07) is 10.5. The van der Waals surface area contributed by atoms with Crippen LogP contribution in [-0.2, 0) is 19.2 Å². The number of halogens is 2. The number of pyridine rings is 1. The van der Waals surface area contributed by atoms with Crippen molar-refractivity contribution in [3.05, 3.63) is 83.4 Å². The second kappa shape index (κ2) is 16.6. The number of benzene rings is 2. The molecule has 2 N–H and O–H groups in total. The van der Waals surface area contributed by atoms with Crippen molar-refractivity contribution in [2.75, 3.05) is 67.5 Å². The van der Waals surface area contributed by atoms with Crippen LogP contribution >= 0.6 is 0 Å². The standard InChI is InChI=1S/C46H46F2N12O6/c1-24(2)59-25(3)51-40-31(47)19-26(20-35(40)59)39-32(48)23-50-46(54-39)52-36-9-7-27(22-49-36)55-11-15-57(16-12-55)42(63)29-21-30(29)43(64)58-17-13-56(14-18-58)33-6-4-5-28-38(33)45(66)60(44(28)65)34-8-10-37(61)53-41(34)62/h4-7,9,19-20,22-24,29-30,34H,8,10-18,21H2,1-3H3,(H,53,61,62)(H,49,50,52,54). The normalized spacial score (nSPS) is 20.9. The molecule has 0 radical (unpaired) electrons. The summed E-state index contributed by atoms with van der Waals surface area (Å²) in [6.45, 7) is 9.40. The number of imidazole rings is 1. The minimum Gasteiger partial charge on any atom is -0.367 e. The van der Waals surface area contributed by atoms with E-state index in [1.54, 1.807) is 48.4 Å². The number of amides is 6. The number of piperazine rings is 2. The van der Waals surface area contributed by atoms with Gasteiger partial charge in [0.15, 0.2) is 11.6 Å². The van der Waals surface area contributed by atoms with Gasteiger partial charge in [-0.3, -0.25) is 39.0 Å². The molecule has 10 rings (SSSR count). The Balaban J connectivity index is 0.709. The van der Waals surface area contributed by atoms with E-state index in [1.807, 2.05) is 34.3 Å². The van der Waals surface area contributed by atoms with E-state index in [9.17, 15) is 28.8 Å². The quantitative estimate of drug-likeness (QED) is 0.203. The van der Waals surface area contributed by atoms with Gasteiger partial charge in [-0.25, -0.2) is 28.7 Å². The first-order valence-corrected chi connectivity index (χ1v) is 22.1. The van der Waals surface area contributed by atoms with Crippen molar-refractivity contribution >= 4 is 69.6 Å². The lowest BCUT2D eigenvalue weighted by Crippen LogP contribution is -2.54. The number of fused-ring (bicyclic) bond motifs is 2. The Kier molecular flexibility index (Phi) is 10.7. The van der Waals surface area contributed by atoms with Crippen LogP contribution in [0.1, 0.15) is 65.7 Å². The highest BCUT2D eigenvalue weighted by Crippen LogP contribution is 2.42. The molecule has 3 saturated heterocycles. The molecular weight excluding hydrogens is 855 g/mol. The fourth-order valence-electron chi connectivity index (χ4n) is 9.77. The largest absolute Gasteiger partial charge is 0.367 e. The number of aromatic nitrogens is 5. The van der Waals surface area contributed by atoms with E-state index in [-0.39, 0.29) is 70.5 Å². The molecule has 5 aliphatic rings. The van der Waals surface area contributed by atoms with Crippen molar-refractivity contribution in [2.45, 2.75) is 52.1 Å². The van der Waals surface area contributed by atoms with Crippen LogP contribution in [0.25, 0.3) is 22.3 Å². The van der Waals surface area contributed by atoms with Gasteiger partial charge in [0.05, 0.1) is 52.2 Å². The number of anilines is 4. The number of nitrogens with zero attached hydrogens (tertiary/aromatic N) is 10. The average molecular weight is 901 g/mol. The Morgan fingerprint density at radius 2 is 1.50 bits per heavy atom. The van der Waals surface area contributed by atoms with E-state index in [4.69, 9.17) is 0 Å². The lowest BCUT2D eigenvalue weighted by Gasteiger charge is -2.37. The zero-order valence-electron chi connectivity index (χ0n) is 36.5. The number of carbonyl (C=O) groups is 6. The van der Waals surface area contributed by atoms with Crippen LogP contribution in [-0.4, -0.2) is 133 Å². The lowest BCUT2D eigenvalue weighted by atomic mass is 10.0. The molecular formula is C46H46F2N12O6. The van der Waals surface area contributed by atoms with Crippen LogP contribution < -0.4 is 20.4 Å². The first-order valence-electron chi connectivity index (χ1n) is 22.1. The van der Waals surface area contributed by atoms with Crippen molar-refractivity contribution in [3.8, 4) is 11.3 Å². The molecule has 20 heteroatoms. The monoisotopic (exact) mass is 900 g/mol. The molecule has 2 aromatic carbocycles. The zero-order valence-corrected chi connectivity index (χ0v) is 36.5. The Morgan fingerprint density at radius 3 is 2.15 bits per heavy atom. The summed E-state index contributed by atoms with van der Waals surface area (Å²) in [5, 5.41) is 5.23. The average Bonchev–Trinajstić information content (AvgIpc) is 3.98. The zero-order chi connectivity index (χ0) is 46.1. The number of rotatable bonds is 9. The summed E-state index contributed by atoms with van der Waals surface area (Å²) in [5.41, 5.74) is 2.75. The molecule has 5 aromatic rings. The van der Waals surface area contributed by atoms with Crippen LogP contribution in [0.3, 0.4) is 0 Å². The number of hydrogen-bond donors (Lipinski definition) is 2. The second-order valence-electron chi connectivity index (χ2n) is 17.6. The van der Waals surface area contributed by atoms with E-state index in [2.05, 4.69) is 35.5 Å². The molecule has 0 bridgehead atoms. The molecule has 4 aliphatic heterocycles. The summed E-state index contributed by atoms with van der Waals surface area (Å²) >= 11 is 0. The molecule has 66 heavy (non-hydrogen) atoms. The maximum atomic E-state index is 15.2. The van der Waals surface area contributed by atoms with Gasteiger partial charge in [0, 0.05) is 70.4 Å². The Bertz CT molecular complexity index is 2850. The van der Waals surface area contributed by atoms with Crippen molar-refractivity contribution in [2.24, 2.45) is 11.8 Å². The number of hydrogen-bond acceptors (Lipinski definition) is 13. The highest BCUT2D eigenvalue weighted by atomic mass is 19.1. The topological polar surface area (TPSA) is 199 Å². The fraction of sp³-hybridized carbons (Fsp3) is 0.391. The molecule has 4 fully saturated rings. The predicted octanol–water partition coefficient (Wildman–Crippen LogP) is 3.83. The van der Waals surface area contributed by atoms with Crippen LogP contribution in [0, 0.1) is 30.4 Å². The molecule has 18 nitrogen and oxygen atoms in total. The van der Waals surface area contributed by atoms with E-state index < -0.39 is 47.2 Å². The molecule has 7 heterocycles. The summed E-state index contributed by atoms with van der Waals surface area (Å²) in [7, 11) is 0. The summed E-state index contributed by atoms with van der Waals surface area (Å²) in [6.07, 6.45) is 3.31. The van der Waals surface area contributed by atoms with Crippen LogP contribution in [0.4, 0.5) is 31.9 Å². The molecule has 340 valence electrons. The first kappa shape index (κ1) is 42.6. The number of piperidine rings is 1. The smallest absolute Gasteiger partial charge is 0.264 e. The van der Waals surface area contributed by atoms with Gasteiger partial charge in [-0.2, -0.15) is 0 Å². The molecule has 6 amide bonds. The Morgan fingerprint density at radius 1 is 0.803 bits per heavy atom. The number of nitrogens with one attached hydrogen (secondary N) is 2. The molecule has 1 saturated carbocycles. The van der Waals surface area contributed by atoms with E-state index in [0.29, 0.717) is 81.6 Å². The minimum atomic E-state index is -1.06. The Labute approximate surface area is 377 Å². The van der Waals surface area contributed by atoms with Crippen LogP contribution in [0.15, 0.2) is 54.9 Å². The second-order valence-corrected chi connectivity index (χ2v) is 17.6. The first-order chi connectivity index (χ1) is 31.7. The third-order valence-electron chi connectivity index (χ3n) is 13.2. The van der Waals surface area contributed by atoms with E-state index in [0.717, 1.165) is 16.8 Å². The third kappa shape index (κ3) is 7.52. The van der Waals surface area contributed by atoms with Crippen molar-refractivity contribution < 1.29 is 37.5 Å².